The lowest BCUT2D eigenvalue weighted by Gasteiger charge is -2.09. The number of rotatable bonds is 3. The maximum absolute atomic E-state index is 12.0. The molecule has 2 heterocycles. The van der Waals surface area contributed by atoms with Crippen molar-refractivity contribution in [1.82, 2.24) is 30.2 Å². The number of tetrazole rings is 1. The van der Waals surface area contributed by atoms with Crippen molar-refractivity contribution in [2.24, 2.45) is 7.05 Å². The summed E-state index contributed by atoms with van der Waals surface area (Å²) in [6.45, 7) is 1.95. The van der Waals surface area contributed by atoms with Crippen LogP contribution in [0.1, 0.15) is 18.0 Å². The first-order valence-corrected chi connectivity index (χ1v) is 6.91. The maximum atomic E-state index is 12.0. The highest BCUT2D eigenvalue weighted by Gasteiger charge is 2.15. The first kappa shape index (κ1) is 12.8. The second-order valence-corrected chi connectivity index (χ2v) is 5.62. The van der Waals surface area contributed by atoms with Gasteiger partial charge in [0.2, 0.25) is 5.16 Å². The minimum Gasteiger partial charge on any atom is -0.309 e. The third kappa shape index (κ3) is 2.29. The van der Waals surface area contributed by atoms with Crippen LogP contribution in [-0.4, -0.2) is 30.2 Å². The number of fused-ring (bicyclic) bond motifs is 1. The van der Waals surface area contributed by atoms with E-state index in [1.807, 2.05) is 25.1 Å². The minimum atomic E-state index is -0.130. The van der Waals surface area contributed by atoms with E-state index >= 15 is 0 Å². The van der Waals surface area contributed by atoms with E-state index in [9.17, 15) is 4.79 Å². The molecule has 1 atom stereocenters. The number of benzene rings is 1. The van der Waals surface area contributed by atoms with Crippen LogP contribution in [0.25, 0.3) is 10.9 Å². The van der Waals surface area contributed by atoms with E-state index < -0.39 is 0 Å². The van der Waals surface area contributed by atoms with Crippen LogP contribution in [0.4, 0.5) is 0 Å². The second kappa shape index (κ2) is 5.04. The van der Waals surface area contributed by atoms with Crippen LogP contribution in [0.15, 0.2) is 34.2 Å². The SMILES string of the molecule is C[C@@H](Sc1nnnn1C)c1nc2ccccc2c(=O)[nH]1. The fourth-order valence-corrected chi connectivity index (χ4v) is 2.64. The van der Waals surface area contributed by atoms with Crippen LogP contribution in [-0.2, 0) is 7.05 Å². The van der Waals surface area contributed by atoms with Gasteiger partial charge in [0.15, 0.2) is 0 Å². The number of aryl methyl sites for hydroxylation is 1. The van der Waals surface area contributed by atoms with Crippen molar-refractivity contribution < 1.29 is 0 Å². The van der Waals surface area contributed by atoms with E-state index in [4.69, 9.17) is 0 Å². The predicted molar refractivity (Wildman–Crippen MR) is 75.4 cm³/mol. The van der Waals surface area contributed by atoms with Gasteiger partial charge >= 0.3 is 0 Å². The summed E-state index contributed by atoms with van der Waals surface area (Å²) >= 11 is 1.44. The molecule has 1 N–H and O–H groups in total. The molecular formula is C12H12N6OS. The smallest absolute Gasteiger partial charge is 0.258 e. The van der Waals surface area contributed by atoms with E-state index in [2.05, 4.69) is 25.5 Å². The molecule has 7 nitrogen and oxygen atoms in total. The fourth-order valence-electron chi connectivity index (χ4n) is 1.83. The third-order valence-corrected chi connectivity index (χ3v) is 4.01. The second-order valence-electron chi connectivity index (χ2n) is 4.31. The number of para-hydroxylation sites is 1. The Morgan fingerprint density at radius 2 is 2.15 bits per heavy atom. The summed E-state index contributed by atoms with van der Waals surface area (Å²) in [5, 5.41) is 12.5. The molecule has 0 aliphatic heterocycles. The number of thioether (sulfide) groups is 1. The van der Waals surface area contributed by atoms with Crippen LogP contribution in [0.3, 0.4) is 0 Å². The Labute approximate surface area is 118 Å². The lowest BCUT2D eigenvalue weighted by atomic mass is 10.2. The van der Waals surface area contributed by atoms with Crippen molar-refractivity contribution in [3.05, 3.63) is 40.4 Å². The molecule has 0 aliphatic carbocycles. The molecule has 3 rings (SSSR count). The molecule has 1 aromatic carbocycles. The Balaban J connectivity index is 1.98. The van der Waals surface area contributed by atoms with Gasteiger partial charge in [-0.05, 0) is 29.5 Å². The third-order valence-electron chi connectivity index (χ3n) is 2.88. The number of H-pyrrole nitrogens is 1. The molecule has 0 fully saturated rings. The van der Waals surface area contributed by atoms with Gasteiger partial charge in [0.25, 0.3) is 5.56 Å². The van der Waals surface area contributed by atoms with Crippen LogP contribution in [0, 0.1) is 0 Å². The van der Waals surface area contributed by atoms with Crippen molar-refractivity contribution >= 4 is 22.7 Å². The number of aromatic nitrogens is 6. The number of aromatic amines is 1. The van der Waals surface area contributed by atoms with Gasteiger partial charge in [-0.1, -0.05) is 23.9 Å². The van der Waals surface area contributed by atoms with Gasteiger partial charge in [-0.2, -0.15) is 0 Å². The lowest BCUT2D eigenvalue weighted by molar-refractivity contribution is 0.663. The van der Waals surface area contributed by atoms with Gasteiger partial charge in [-0.25, -0.2) is 9.67 Å². The average molecular weight is 288 g/mol. The maximum Gasteiger partial charge on any atom is 0.258 e. The molecule has 0 saturated carbocycles. The standard InChI is InChI=1S/C12H12N6OS/c1-7(20-12-15-16-17-18(12)2)10-13-9-6-4-3-5-8(9)11(19)14-10/h3-7H,1-2H3,(H,13,14,19)/t7-/m1/s1. The van der Waals surface area contributed by atoms with Gasteiger partial charge in [-0.15, -0.1) is 5.10 Å². The number of nitrogens with one attached hydrogen (secondary N) is 1. The number of nitrogens with zero attached hydrogens (tertiary/aromatic N) is 5. The molecule has 20 heavy (non-hydrogen) atoms. The van der Waals surface area contributed by atoms with E-state index in [0.29, 0.717) is 21.9 Å². The van der Waals surface area contributed by atoms with Gasteiger partial charge < -0.3 is 4.98 Å². The van der Waals surface area contributed by atoms with Crippen molar-refractivity contribution in [1.29, 1.82) is 0 Å². The zero-order valence-electron chi connectivity index (χ0n) is 10.9. The molecule has 0 aliphatic rings. The van der Waals surface area contributed by atoms with Gasteiger partial charge in [-0.3, -0.25) is 4.79 Å². The Morgan fingerprint density at radius 1 is 1.35 bits per heavy atom. The lowest BCUT2D eigenvalue weighted by Crippen LogP contribution is -2.13. The summed E-state index contributed by atoms with van der Waals surface area (Å²) in [6.07, 6.45) is 0. The van der Waals surface area contributed by atoms with Gasteiger partial charge in [0.1, 0.15) is 5.82 Å². The van der Waals surface area contributed by atoms with Crippen molar-refractivity contribution in [3.8, 4) is 0 Å². The molecule has 0 unspecified atom stereocenters. The molecular weight excluding hydrogens is 276 g/mol. The molecule has 3 aromatic rings. The molecule has 0 amide bonds. The summed E-state index contributed by atoms with van der Waals surface area (Å²) in [5.74, 6) is 0.613. The molecule has 102 valence electrons. The predicted octanol–water partition coefficient (Wildman–Crippen LogP) is 1.30. The van der Waals surface area contributed by atoms with E-state index in [-0.39, 0.29) is 10.8 Å². The highest BCUT2D eigenvalue weighted by molar-refractivity contribution is 7.99. The normalized spacial score (nSPS) is 12.7. The molecule has 0 saturated heterocycles. The van der Waals surface area contributed by atoms with Crippen molar-refractivity contribution in [2.45, 2.75) is 17.3 Å². The summed E-state index contributed by atoms with van der Waals surface area (Å²) < 4.78 is 1.58. The molecule has 0 bridgehead atoms. The van der Waals surface area contributed by atoms with Crippen LogP contribution in [0.2, 0.25) is 0 Å². The largest absolute Gasteiger partial charge is 0.309 e. The Hall–Kier alpha value is -2.22. The first-order chi connectivity index (χ1) is 9.65. The fraction of sp³-hybridized carbons (Fsp3) is 0.250. The highest BCUT2D eigenvalue weighted by Crippen LogP contribution is 2.30. The van der Waals surface area contributed by atoms with Gasteiger partial charge in [0.05, 0.1) is 16.2 Å². The zero-order valence-corrected chi connectivity index (χ0v) is 11.8. The Morgan fingerprint density at radius 3 is 2.90 bits per heavy atom. The monoisotopic (exact) mass is 288 g/mol. The molecule has 0 spiro atoms. The van der Waals surface area contributed by atoms with Crippen LogP contribution in [0.5, 0.6) is 0 Å². The average Bonchev–Trinajstić information content (AvgIpc) is 2.84. The Bertz CT molecular complexity index is 811. The highest BCUT2D eigenvalue weighted by atomic mass is 32.2. The van der Waals surface area contributed by atoms with Crippen LogP contribution >= 0.6 is 11.8 Å². The Kier molecular flexibility index (Phi) is 3.23. The van der Waals surface area contributed by atoms with E-state index in [0.717, 1.165) is 0 Å². The molecule has 2 aromatic heterocycles. The number of hydrogen-bond acceptors (Lipinski definition) is 6. The quantitative estimate of drug-likeness (QED) is 0.731. The van der Waals surface area contributed by atoms with Gasteiger partial charge in [0, 0.05) is 7.05 Å². The van der Waals surface area contributed by atoms with E-state index in [1.54, 1.807) is 17.8 Å². The summed E-state index contributed by atoms with van der Waals surface area (Å²) in [5.41, 5.74) is 0.559. The van der Waals surface area contributed by atoms with Crippen molar-refractivity contribution in [2.75, 3.05) is 0 Å². The van der Waals surface area contributed by atoms with E-state index in [1.165, 1.54) is 11.8 Å². The molecule has 0 radical (unpaired) electrons. The first-order valence-electron chi connectivity index (χ1n) is 6.03. The minimum absolute atomic E-state index is 0.0583. The summed E-state index contributed by atoms with van der Waals surface area (Å²) in [4.78, 5) is 19.3. The topological polar surface area (TPSA) is 89.3 Å². The number of hydrogen-bond donors (Lipinski definition) is 1. The molecule has 8 heteroatoms. The summed E-state index contributed by atoms with van der Waals surface area (Å²) in [6, 6.07) is 7.27. The summed E-state index contributed by atoms with van der Waals surface area (Å²) in [7, 11) is 1.77. The van der Waals surface area contributed by atoms with Crippen molar-refractivity contribution in [3.63, 3.8) is 0 Å². The van der Waals surface area contributed by atoms with Crippen LogP contribution < -0.4 is 5.56 Å². The zero-order chi connectivity index (χ0) is 14.1.